The van der Waals surface area contributed by atoms with Gasteiger partial charge < -0.3 is 24.6 Å². The van der Waals surface area contributed by atoms with E-state index in [2.05, 4.69) is 5.32 Å². The molecule has 0 bridgehead atoms. The summed E-state index contributed by atoms with van der Waals surface area (Å²) < 4.78 is 15.8. The van der Waals surface area contributed by atoms with Gasteiger partial charge in [-0.15, -0.1) is 0 Å². The van der Waals surface area contributed by atoms with E-state index in [0.29, 0.717) is 5.75 Å². The fourth-order valence-electron chi connectivity index (χ4n) is 3.13. The van der Waals surface area contributed by atoms with Crippen LogP contribution < -0.4 is 10.1 Å². The fraction of sp³-hybridized carbons (Fsp3) is 0.231. The number of hydrogen-bond acceptors (Lipinski definition) is 8. The van der Waals surface area contributed by atoms with Crippen molar-refractivity contribution in [2.75, 3.05) is 13.2 Å². The maximum Gasteiger partial charge on any atom is 0.408 e. The first-order chi connectivity index (χ1) is 17.4. The molecule has 1 unspecified atom stereocenters. The number of non-ortho nitro benzene ring substituents is 1. The van der Waals surface area contributed by atoms with E-state index in [1.807, 2.05) is 60.7 Å². The second-order valence-corrected chi connectivity index (χ2v) is 7.79. The van der Waals surface area contributed by atoms with Crippen LogP contribution in [0.25, 0.3) is 0 Å². The number of alkyl carbamates (subject to hydrolysis) is 1. The molecule has 0 aliphatic heterocycles. The Hall–Kier alpha value is -4.44. The topological polar surface area (TPSA) is 137 Å². The number of rotatable bonds is 12. The molecule has 0 radical (unpaired) electrons. The number of amides is 1. The lowest BCUT2D eigenvalue weighted by atomic mass is 10.1. The molecule has 0 saturated carbocycles. The monoisotopic (exact) mass is 494 g/mol. The van der Waals surface area contributed by atoms with Crippen LogP contribution in [0.1, 0.15) is 11.1 Å². The summed E-state index contributed by atoms with van der Waals surface area (Å²) in [6, 6.07) is 22.5. The molecule has 2 N–H and O–H groups in total. The molecule has 1 amide bonds. The van der Waals surface area contributed by atoms with Gasteiger partial charge in [-0.3, -0.25) is 10.1 Å². The molecule has 0 heterocycles. The van der Waals surface area contributed by atoms with Crippen LogP contribution in [-0.2, 0) is 27.3 Å². The molecule has 3 aromatic carbocycles. The van der Waals surface area contributed by atoms with Crippen molar-refractivity contribution in [2.24, 2.45) is 0 Å². The lowest BCUT2D eigenvalue weighted by Crippen LogP contribution is -2.44. The van der Waals surface area contributed by atoms with Crippen LogP contribution in [0.2, 0.25) is 0 Å². The zero-order chi connectivity index (χ0) is 25.8. The molecule has 3 rings (SSSR count). The molecule has 36 heavy (non-hydrogen) atoms. The predicted molar refractivity (Wildman–Crippen MR) is 129 cm³/mol. The van der Waals surface area contributed by atoms with E-state index in [0.717, 1.165) is 11.1 Å². The zero-order valence-electron chi connectivity index (χ0n) is 19.3. The molecule has 188 valence electrons. The van der Waals surface area contributed by atoms with Crippen molar-refractivity contribution in [3.63, 3.8) is 0 Å². The number of aliphatic hydroxyl groups is 1. The number of esters is 1. The van der Waals surface area contributed by atoms with Crippen molar-refractivity contribution in [3.8, 4) is 5.75 Å². The third kappa shape index (κ3) is 8.73. The number of ether oxygens (including phenoxy) is 3. The largest absolute Gasteiger partial charge is 0.491 e. The third-order valence-electron chi connectivity index (χ3n) is 4.98. The minimum Gasteiger partial charge on any atom is -0.491 e. The Morgan fingerprint density at radius 2 is 1.47 bits per heavy atom. The number of carbonyl (C=O) groups is 2. The van der Waals surface area contributed by atoms with Crippen LogP contribution in [-0.4, -0.2) is 47.5 Å². The minimum absolute atomic E-state index is 0.0402. The van der Waals surface area contributed by atoms with Crippen molar-refractivity contribution < 1.29 is 33.8 Å². The van der Waals surface area contributed by atoms with Gasteiger partial charge in [0.1, 0.15) is 37.7 Å². The van der Waals surface area contributed by atoms with Gasteiger partial charge in [0.05, 0.1) is 4.92 Å². The number of hydrogen-bond donors (Lipinski definition) is 2. The lowest BCUT2D eigenvalue weighted by Gasteiger charge is -2.19. The first-order valence-corrected chi connectivity index (χ1v) is 11.1. The number of aliphatic hydroxyl groups excluding tert-OH is 1. The highest BCUT2D eigenvalue weighted by Gasteiger charge is 2.24. The van der Waals surface area contributed by atoms with Crippen LogP contribution in [0.4, 0.5) is 10.5 Å². The van der Waals surface area contributed by atoms with E-state index < -0.39 is 29.1 Å². The van der Waals surface area contributed by atoms with Gasteiger partial charge in [-0.1, -0.05) is 60.7 Å². The molecule has 0 fully saturated rings. The molecule has 0 aliphatic rings. The van der Waals surface area contributed by atoms with Crippen LogP contribution in [0.5, 0.6) is 5.75 Å². The highest BCUT2D eigenvalue weighted by molar-refractivity contribution is 5.81. The Kier molecular flexibility index (Phi) is 9.78. The van der Waals surface area contributed by atoms with Crippen LogP contribution in [0.15, 0.2) is 84.9 Å². The highest BCUT2D eigenvalue weighted by Crippen LogP contribution is 2.17. The Morgan fingerprint density at radius 1 is 0.861 bits per heavy atom. The first-order valence-electron chi connectivity index (χ1n) is 11.1. The SMILES string of the molecule is O=C(N[C@@H](Cc1ccccc1)C(=O)OCC(O)COc1ccc([N+](=O)[O-])cc1)OCc1ccccc1. The Labute approximate surface area is 207 Å². The first kappa shape index (κ1) is 26.2. The van der Waals surface area contributed by atoms with Crippen LogP contribution in [0.3, 0.4) is 0 Å². The molecule has 10 heteroatoms. The smallest absolute Gasteiger partial charge is 0.408 e. The van der Waals surface area contributed by atoms with E-state index in [1.165, 1.54) is 24.3 Å². The number of nitro groups is 1. The predicted octanol–water partition coefficient (Wildman–Crippen LogP) is 3.42. The molecular formula is C26H26N2O8. The van der Waals surface area contributed by atoms with E-state index in [9.17, 15) is 24.8 Å². The van der Waals surface area contributed by atoms with E-state index in [4.69, 9.17) is 14.2 Å². The fourth-order valence-corrected chi connectivity index (χ4v) is 3.13. The highest BCUT2D eigenvalue weighted by atomic mass is 16.6. The van der Waals surface area contributed by atoms with Crippen LogP contribution >= 0.6 is 0 Å². The second kappa shape index (κ2) is 13.4. The molecule has 10 nitrogen and oxygen atoms in total. The minimum atomic E-state index is -1.16. The average molecular weight is 495 g/mol. The summed E-state index contributed by atoms with van der Waals surface area (Å²) in [5, 5.41) is 23.4. The van der Waals surface area contributed by atoms with Crippen molar-refractivity contribution in [3.05, 3.63) is 106 Å². The number of nitrogens with zero attached hydrogens (tertiary/aromatic N) is 1. The third-order valence-corrected chi connectivity index (χ3v) is 4.98. The van der Waals surface area contributed by atoms with Gasteiger partial charge in [-0.25, -0.2) is 9.59 Å². The van der Waals surface area contributed by atoms with Gasteiger partial charge in [0.2, 0.25) is 0 Å². The maximum atomic E-state index is 12.7. The normalized spacial score (nSPS) is 12.1. The number of benzene rings is 3. The average Bonchev–Trinajstić information content (AvgIpc) is 2.90. The summed E-state index contributed by atoms with van der Waals surface area (Å²) in [6.45, 7) is -0.544. The summed E-state index contributed by atoms with van der Waals surface area (Å²) in [7, 11) is 0. The van der Waals surface area contributed by atoms with Crippen molar-refractivity contribution >= 4 is 17.7 Å². The molecule has 0 saturated heterocycles. The maximum absolute atomic E-state index is 12.7. The summed E-state index contributed by atoms with van der Waals surface area (Å²) >= 11 is 0. The second-order valence-electron chi connectivity index (χ2n) is 7.79. The van der Waals surface area contributed by atoms with Gasteiger partial charge in [0.15, 0.2) is 0 Å². The summed E-state index contributed by atoms with van der Waals surface area (Å²) in [4.78, 5) is 35.2. The molecule has 0 spiro atoms. The molecule has 0 aromatic heterocycles. The van der Waals surface area contributed by atoms with E-state index >= 15 is 0 Å². The van der Waals surface area contributed by atoms with Gasteiger partial charge in [-0.2, -0.15) is 0 Å². The number of nitrogens with one attached hydrogen (secondary N) is 1. The van der Waals surface area contributed by atoms with Crippen LogP contribution in [0, 0.1) is 10.1 Å². The number of nitro benzene ring substituents is 1. The molecular weight excluding hydrogens is 468 g/mol. The van der Waals surface area contributed by atoms with Gasteiger partial charge in [-0.05, 0) is 23.3 Å². The van der Waals surface area contributed by atoms with Gasteiger partial charge >= 0.3 is 12.1 Å². The quantitative estimate of drug-likeness (QED) is 0.222. The molecule has 2 atom stereocenters. The summed E-state index contributed by atoms with van der Waals surface area (Å²) in [6.07, 6.45) is -1.78. The molecule has 3 aromatic rings. The Morgan fingerprint density at radius 3 is 2.08 bits per heavy atom. The van der Waals surface area contributed by atoms with Gasteiger partial charge in [0, 0.05) is 18.6 Å². The standard InChI is InChI=1S/C26H26N2O8/c29-22(17-34-23-13-11-21(12-14-23)28(32)33)18-35-25(30)24(15-19-7-3-1-4-8-19)27-26(31)36-16-20-9-5-2-6-10-20/h1-14,22,24,29H,15-18H2,(H,27,31)/t22?,24-/m0/s1. The summed E-state index contributed by atoms with van der Waals surface area (Å²) in [5.74, 6) is -0.430. The van der Waals surface area contributed by atoms with E-state index in [-0.39, 0.29) is 31.9 Å². The van der Waals surface area contributed by atoms with Crippen molar-refractivity contribution in [1.82, 2.24) is 5.32 Å². The summed E-state index contributed by atoms with van der Waals surface area (Å²) in [5.41, 5.74) is 1.51. The van der Waals surface area contributed by atoms with E-state index in [1.54, 1.807) is 0 Å². The van der Waals surface area contributed by atoms with Gasteiger partial charge in [0.25, 0.3) is 5.69 Å². The Balaban J connectivity index is 1.51. The van der Waals surface area contributed by atoms with Crippen molar-refractivity contribution in [1.29, 1.82) is 0 Å². The lowest BCUT2D eigenvalue weighted by molar-refractivity contribution is -0.384. The zero-order valence-corrected chi connectivity index (χ0v) is 19.3. The molecule has 0 aliphatic carbocycles. The Bertz CT molecular complexity index is 1120. The number of carbonyl (C=O) groups excluding carboxylic acids is 2. The van der Waals surface area contributed by atoms with Crippen molar-refractivity contribution in [2.45, 2.75) is 25.2 Å².